The van der Waals surface area contributed by atoms with Gasteiger partial charge in [0.15, 0.2) is 0 Å². The van der Waals surface area contributed by atoms with E-state index < -0.39 is 6.09 Å². The number of carbonyl (C=O) groups excluding carboxylic acids is 1. The molecule has 0 bridgehead atoms. The third-order valence-electron chi connectivity index (χ3n) is 1.32. The van der Waals surface area contributed by atoms with Gasteiger partial charge in [-0.1, -0.05) is 6.07 Å². The van der Waals surface area contributed by atoms with Gasteiger partial charge in [-0.3, -0.25) is 0 Å². The molecule has 0 aliphatic rings. The Kier molecular flexibility index (Phi) is 2.60. The molecule has 12 heavy (non-hydrogen) atoms. The number of primary amides is 1. The molecular formula is C8H9NO2S. The lowest BCUT2D eigenvalue weighted by Crippen LogP contribution is -2.16. The topological polar surface area (TPSA) is 52.3 Å². The molecule has 0 saturated heterocycles. The van der Waals surface area contributed by atoms with Gasteiger partial charge in [0.25, 0.3) is 0 Å². The van der Waals surface area contributed by atoms with E-state index in [0.717, 1.165) is 5.56 Å². The van der Waals surface area contributed by atoms with Crippen LogP contribution in [0.1, 0.15) is 5.56 Å². The van der Waals surface area contributed by atoms with E-state index in [4.69, 9.17) is 5.73 Å². The molecule has 4 heteroatoms. The van der Waals surface area contributed by atoms with Crippen molar-refractivity contribution in [1.82, 2.24) is 0 Å². The van der Waals surface area contributed by atoms with Gasteiger partial charge in [0.05, 0.1) is 0 Å². The largest absolute Gasteiger partial charge is 0.410 e. The second-order valence-corrected chi connectivity index (χ2v) is 2.87. The Morgan fingerprint density at radius 2 is 2.25 bits per heavy atom. The van der Waals surface area contributed by atoms with Crippen LogP contribution < -0.4 is 10.5 Å². The average Bonchev–Trinajstić information content (AvgIpc) is 1.94. The zero-order chi connectivity index (χ0) is 9.14. The first-order valence-corrected chi connectivity index (χ1v) is 3.81. The molecule has 1 rings (SSSR count). The molecule has 1 aromatic rings. The van der Waals surface area contributed by atoms with Crippen LogP contribution in [0.15, 0.2) is 23.1 Å². The molecule has 0 unspecified atom stereocenters. The Hall–Kier alpha value is -1.16. The van der Waals surface area contributed by atoms with Gasteiger partial charge in [-0.05, 0) is 24.6 Å². The van der Waals surface area contributed by atoms with Crippen molar-refractivity contribution in [3.8, 4) is 5.75 Å². The highest BCUT2D eigenvalue weighted by Crippen LogP contribution is 2.23. The molecule has 2 N–H and O–H groups in total. The lowest BCUT2D eigenvalue weighted by atomic mass is 10.2. The summed E-state index contributed by atoms with van der Waals surface area (Å²) >= 11 is 4.11. The van der Waals surface area contributed by atoms with E-state index in [0.29, 0.717) is 10.6 Å². The highest BCUT2D eigenvalue weighted by atomic mass is 32.1. The predicted octanol–water partition coefficient (Wildman–Crippen LogP) is 1.74. The molecule has 1 amide bonds. The van der Waals surface area contributed by atoms with Crippen molar-refractivity contribution in [2.24, 2.45) is 5.73 Å². The molecule has 0 saturated carbocycles. The maximum absolute atomic E-state index is 10.4. The van der Waals surface area contributed by atoms with Gasteiger partial charge in [-0.15, -0.1) is 12.6 Å². The summed E-state index contributed by atoms with van der Waals surface area (Å²) in [5.74, 6) is 0.386. The minimum absolute atomic E-state index is 0.386. The second kappa shape index (κ2) is 3.49. The van der Waals surface area contributed by atoms with Gasteiger partial charge in [0.2, 0.25) is 0 Å². The summed E-state index contributed by atoms with van der Waals surface area (Å²) in [5, 5.41) is 0. The number of amides is 1. The summed E-state index contributed by atoms with van der Waals surface area (Å²) in [6, 6.07) is 5.27. The van der Waals surface area contributed by atoms with Crippen LogP contribution in [0.2, 0.25) is 0 Å². The average molecular weight is 183 g/mol. The number of benzene rings is 1. The Morgan fingerprint density at radius 1 is 1.58 bits per heavy atom. The van der Waals surface area contributed by atoms with Crippen LogP contribution in [0.25, 0.3) is 0 Å². The van der Waals surface area contributed by atoms with E-state index in [2.05, 4.69) is 17.4 Å². The number of rotatable bonds is 1. The predicted molar refractivity (Wildman–Crippen MR) is 48.6 cm³/mol. The van der Waals surface area contributed by atoms with E-state index in [1.807, 2.05) is 13.0 Å². The fourth-order valence-electron chi connectivity index (χ4n) is 0.822. The number of ether oxygens (including phenoxy) is 1. The fraction of sp³-hybridized carbons (Fsp3) is 0.125. The third kappa shape index (κ3) is 2.17. The minimum Gasteiger partial charge on any atom is -0.409 e. The maximum atomic E-state index is 10.4. The minimum atomic E-state index is -0.825. The molecule has 64 valence electrons. The summed E-state index contributed by atoms with van der Waals surface area (Å²) in [4.78, 5) is 11.0. The molecule has 0 radical (unpaired) electrons. The van der Waals surface area contributed by atoms with Gasteiger partial charge in [-0.25, -0.2) is 4.79 Å². The van der Waals surface area contributed by atoms with Crippen LogP contribution in [0.4, 0.5) is 4.79 Å². The number of thiol groups is 1. The summed E-state index contributed by atoms with van der Waals surface area (Å²) in [6.07, 6.45) is -0.825. The Bertz CT molecular complexity index is 312. The fourth-order valence-corrected chi connectivity index (χ4v) is 1.15. The molecule has 0 spiro atoms. The standard InChI is InChI=1S/C8H9NO2S/c1-5-2-3-6(7(12)4-5)11-8(9)10/h2-4,12H,1H3,(H2,9,10). The van der Waals surface area contributed by atoms with Crippen molar-refractivity contribution >= 4 is 18.7 Å². The van der Waals surface area contributed by atoms with Gasteiger partial charge < -0.3 is 10.5 Å². The highest BCUT2D eigenvalue weighted by Gasteiger charge is 2.02. The van der Waals surface area contributed by atoms with Gasteiger partial charge in [0.1, 0.15) is 5.75 Å². The van der Waals surface area contributed by atoms with Crippen molar-refractivity contribution in [2.45, 2.75) is 11.8 Å². The van der Waals surface area contributed by atoms with Gasteiger partial charge in [0, 0.05) is 4.90 Å². The zero-order valence-electron chi connectivity index (χ0n) is 6.57. The second-order valence-electron chi connectivity index (χ2n) is 2.39. The van der Waals surface area contributed by atoms with Crippen LogP contribution in [0, 0.1) is 6.92 Å². The van der Waals surface area contributed by atoms with Gasteiger partial charge >= 0.3 is 6.09 Å². The van der Waals surface area contributed by atoms with E-state index in [1.54, 1.807) is 12.1 Å². The van der Waals surface area contributed by atoms with E-state index in [1.165, 1.54) is 0 Å². The van der Waals surface area contributed by atoms with Crippen LogP contribution in [-0.4, -0.2) is 6.09 Å². The van der Waals surface area contributed by atoms with E-state index >= 15 is 0 Å². The summed E-state index contributed by atoms with van der Waals surface area (Å²) < 4.78 is 4.66. The number of aryl methyl sites for hydroxylation is 1. The lowest BCUT2D eigenvalue weighted by Gasteiger charge is -2.03. The monoisotopic (exact) mass is 183 g/mol. The Labute approximate surface area is 75.9 Å². The molecule has 0 aliphatic carbocycles. The first-order valence-electron chi connectivity index (χ1n) is 3.36. The lowest BCUT2D eigenvalue weighted by molar-refractivity contribution is 0.210. The molecule has 1 aromatic carbocycles. The first-order chi connectivity index (χ1) is 5.59. The first kappa shape index (κ1) is 8.93. The molecule has 0 aliphatic heterocycles. The van der Waals surface area contributed by atoms with Crippen molar-refractivity contribution < 1.29 is 9.53 Å². The van der Waals surface area contributed by atoms with Gasteiger partial charge in [-0.2, -0.15) is 0 Å². The Morgan fingerprint density at radius 3 is 2.75 bits per heavy atom. The van der Waals surface area contributed by atoms with Crippen LogP contribution in [0.3, 0.4) is 0 Å². The highest BCUT2D eigenvalue weighted by molar-refractivity contribution is 7.80. The van der Waals surface area contributed by atoms with E-state index in [-0.39, 0.29) is 0 Å². The van der Waals surface area contributed by atoms with Crippen molar-refractivity contribution in [3.05, 3.63) is 23.8 Å². The summed E-state index contributed by atoms with van der Waals surface area (Å²) in [6.45, 7) is 1.92. The number of carbonyl (C=O) groups is 1. The van der Waals surface area contributed by atoms with Crippen LogP contribution in [-0.2, 0) is 0 Å². The summed E-state index contributed by atoms with van der Waals surface area (Å²) in [7, 11) is 0. The maximum Gasteiger partial charge on any atom is 0.410 e. The number of hydrogen-bond donors (Lipinski definition) is 2. The number of hydrogen-bond acceptors (Lipinski definition) is 3. The molecule has 0 heterocycles. The summed E-state index contributed by atoms with van der Waals surface area (Å²) in [5.41, 5.74) is 5.89. The van der Waals surface area contributed by atoms with Crippen LogP contribution in [0.5, 0.6) is 5.75 Å². The quantitative estimate of drug-likeness (QED) is 0.651. The molecular weight excluding hydrogens is 174 g/mol. The SMILES string of the molecule is Cc1ccc(OC(N)=O)c(S)c1. The van der Waals surface area contributed by atoms with Crippen LogP contribution >= 0.6 is 12.6 Å². The Balaban J connectivity index is 2.93. The molecule has 3 nitrogen and oxygen atoms in total. The van der Waals surface area contributed by atoms with E-state index in [9.17, 15) is 4.79 Å². The van der Waals surface area contributed by atoms with Crippen molar-refractivity contribution in [2.75, 3.05) is 0 Å². The normalized spacial score (nSPS) is 9.50. The smallest absolute Gasteiger partial charge is 0.409 e. The third-order valence-corrected chi connectivity index (χ3v) is 1.67. The zero-order valence-corrected chi connectivity index (χ0v) is 7.47. The van der Waals surface area contributed by atoms with Crippen molar-refractivity contribution in [3.63, 3.8) is 0 Å². The van der Waals surface area contributed by atoms with Crippen molar-refractivity contribution in [1.29, 1.82) is 0 Å². The molecule has 0 fully saturated rings. The number of nitrogens with two attached hydrogens (primary N) is 1. The molecule has 0 aromatic heterocycles. The molecule has 0 atom stereocenters.